The van der Waals surface area contributed by atoms with E-state index in [0.29, 0.717) is 5.82 Å². The van der Waals surface area contributed by atoms with E-state index in [9.17, 15) is 8.78 Å². The molecule has 0 spiro atoms. The van der Waals surface area contributed by atoms with Crippen molar-refractivity contribution in [2.45, 2.75) is 6.92 Å². The first-order chi connectivity index (χ1) is 7.11. The fraction of sp³-hybridized carbons (Fsp3) is 0.125. The van der Waals surface area contributed by atoms with Gasteiger partial charge in [0.15, 0.2) is 17.5 Å². The topological polar surface area (TPSA) is 69.6 Å². The van der Waals surface area contributed by atoms with Crippen molar-refractivity contribution in [2.24, 2.45) is 0 Å². The van der Waals surface area contributed by atoms with Crippen LogP contribution in [0.5, 0.6) is 0 Å². The lowest BCUT2D eigenvalue weighted by Crippen LogP contribution is -2.08. The van der Waals surface area contributed by atoms with E-state index < -0.39 is 11.6 Å². The van der Waals surface area contributed by atoms with Gasteiger partial charge in [-0.2, -0.15) is 4.68 Å². The first-order valence-electron chi connectivity index (χ1n) is 4.10. The standard InChI is InChI=1S/C8H7F2N5/c1-4-12-13-14-15(4)8-6(11)3-2-5(9)7(8)10/h2-3H,11H2,1H3. The molecule has 78 valence electrons. The number of halogens is 2. The van der Waals surface area contributed by atoms with Gasteiger partial charge in [0.2, 0.25) is 0 Å². The Kier molecular flexibility index (Phi) is 2.07. The number of anilines is 1. The third-order valence-electron chi connectivity index (χ3n) is 1.94. The smallest absolute Gasteiger partial charge is 0.186 e. The summed E-state index contributed by atoms with van der Waals surface area (Å²) in [5.74, 6) is -1.73. The van der Waals surface area contributed by atoms with Crippen LogP contribution in [0.25, 0.3) is 5.69 Å². The molecule has 7 heteroatoms. The van der Waals surface area contributed by atoms with Crippen LogP contribution in [0, 0.1) is 18.6 Å². The van der Waals surface area contributed by atoms with Crippen LogP contribution in [-0.4, -0.2) is 20.2 Å². The summed E-state index contributed by atoms with van der Waals surface area (Å²) < 4.78 is 27.5. The average Bonchev–Trinajstić information content (AvgIpc) is 2.60. The number of hydrogen-bond donors (Lipinski definition) is 1. The summed E-state index contributed by atoms with van der Waals surface area (Å²) in [6.07, 6.45) is 0. The number of benzene rings is 1. The molecule has 2 N–H and O–H groups in total. The van der Waals surface area contributed by atoms with Crippen molar-refractivity contribution in [1.29, 1.82) is 0 Å². The zero-order valence-electron chi connectivity index (χ0n) is 7.78. The first kappa shape index (κ1) is 9.50. The number of nitrogen functional groups attached to an aromatic ring is 1. The molecule has 5 nitrogen and oxygen atoms in total. The summed E-state index contributed by atoms with van der Waals surface area (Å²) in [5.41, 5.74) is 5.43. The maximum atomic E-state index is 13.4. The average molecular weight is 211 g/mol. The molecule has 0 fully saturated rings. The highest BCUT2D eigenvalue weighted by molar-refractivity contribution is 5.58. The molecule has 1 aromatic carbocycles. The van der Waals surface area contributed by atoms with Gasteiger partial charge in [-0.15, -0.1) is 5.10 Å². The summed E-state index contributed by atoms with van der Waals surface area (Å²) in [5, 5.41) is 10.4. The predicted octanol–water partition coefficient (Wildman–Crippen LogP) is 0.831. The zero-order chi connectivity index (χ0) is 11.0. The Hall–Kier alpha value is -2.05. The maximum Gasteiger partial charge on any atom is 0.186 e. The Morgan fingerprint density at radius 3 is 2.67 bits per heavy atom. The fourth-order valence-corrected chi connectivity index (χ4v) is 1.21. The SMILES string of the molecule is Cc1nnnn1-c1c(N)ccc(F)c1F. The number of nitrogens with zero attached hydrogens (tertiary/aromatic N) is 4. The molecule has 2 aromatic rings. The summed E-state index contributed by atoms with van der Waals surface area (Å²) >= 11 is 0. The lowest BCUT2D eigenvalue weighted by atomic mass is 10.2. The normalized spacial score (nSPS) is 10.6. The van der Waals surface area contributed by atoms with Gasteiger partial charge in [0.1, 0.15) is 5.69 Å². The van der Waals surface area contributed by atoms with Gasteiger partial charge in [-0.3, -0.25) is 0 Å². The molecule has 0 aliphatic carbocycles. The third-order valence-corrected chi connectivity index (χ3v) is 1.94. The molecule has 0 saturated carbocycles. The number of tetrazole rings is 1. The van der Waals surface area contributed by atoms with E-state index in [1.165, 1.54) is 6.07 Å². The van der Waals surface area contributed by atoms with E-state index in [4.69, 9.17) is 5.73 Å². The van der Waals surface area contributed by atoms with Gasteiger partial charge in [-0.25, -0.2) is 8.78 Å². The van der Waals surface area contributed by atoms with Crippen molar-refractivity contribution in [1.82, 2.24) is 20.2 Å². The maximum absolute atomic E-state index is 13.4. The zero-order valence-corrected chi connectivity index (χ0v) is 7.78. The van der Waals surface area contributed by atoms with E-state index in [-0.39, 0.29) is 11.4 Å². The number of aromatic nitrogens is 4. The van der Waals surface area contributed by atoms with Gasteiger partial charge in [-0.1, -0.05) is 0 Å². The van der Waals surface area contributed by atoms with Crippen LogP contribution in [0.3, 0.4) is 0 Å². The Balaban J connectivity index is 2.72. The van der Waals surface area contributed by atoms with Crippen molar-refractivity contribution in [3.8, 4) is 5.69 Å². The molecular weight excluding hydrogens is 204 g/mol. The molecule has 0 aliphatic rings. The van der Waals surface area contributed by atoms with Gasteiger partial charge in [0, 0.05) is 0 Å². The van der Waals surface area contributed by atoms with Crippen molar-refractivity contribution < 1.29 is 8.78 Å². The summed E-state index contributed by atoms with van der Waals surface area (Å²) in [6, 6.07) is 2.21. The minimum Gasteiger partial charge on any atom is -0.397 e. The highest BCUT2D eigenvalue weighted by Crippen LogP contribution is 2.22. The Morgan fingerprint density at radius 2 is 2.07 bits per heavy atom. The molecule has 0 unspecified atom stereocenters. The first-order valence-corrected chi connectivity index (χ1v) is 4.10. The number of nitrogens with two attached hydrogens (primary N) is 1. The van der Waals surface area contributed by atoms with Gasteiger partial charge in [-0.05, 0) is 29.5 Å². The van der Waals surface area contributed by atoms with Crippen LogP contribution in [-0.2, 0) is 0 Å². The molecule has 0 amide bonds. The second-order valence-electron chi connectivity index (χ2n) is 2.94. The molecule has 15 heavy (non-hydrogen) atoms. The van der Waals surface area contributed by atoms with Crippen molar-refractivity contribution in [3.05, 3.63) is 29.6 Å². The molecule has 0 atom stereocenters. The van der Waals surface area contributed by atoms with Crippen LogP contribution in [0.1, 0.15) is 5.82 Å². The summed E-state index contributed by atoms with van der Waals surface area (Å²) in [7, 11) is 0. The van der Waals surface area contributed by atoms with E-state index in [1.54, 1.807) is 6.92 Å². The highest BCUT2D eigenvalue weighted by atomic mass is 19.2. The van der Waals surface area contributed by atoms with Crippen molar-refractivity contribution >= 4 is 5.69 Å². The van der Waals surface area contributed by atoms with Crippen molar-refractivity contribution in [2.75, 3.05) is 5.73 Å². The monoisotopic (exact) mass is 211 g/mol. The van der Waals surface area contributed by atoms with E-state index >= 15 is 0 Å². The van der Waals surface area contributed by atoms with E-state index in [2.05, 4.69) is 15.5 Å². The lowest BCUT2D eigenvalue weighted by Gasteiger charge is -2.07. The second-order valence-corrected chi connectivity index (χ2v) is 2.94. The molecule has 0 saturated heterocycles. The highest BCUT2D eigenvalue weighted by Gasteiger charge is 2.16. The molecule has 0 bridgehead atoms. The van der Waals surface area contributed by atoms with Crippen LogP contribution in [0.2, 0.25) is 0 Å². The van der Waals surface area contributed by atoms with Crippen LogP contribution >= 0.6 is 0 Å². The lowest BCUT2D eigenvalue weighted by molar-refractivity contribution is 0.500. The summed E-state index contributed by atoms with van der Waals surface area (Å²) in [4.78, 5) is 0. The minimum absolute atomic E-state index is 0.0734. The molecule has 2 rings (SSSR count). The minimum atomic E-state index is -1.06. The van der Waals surface area contributed by atoms with Gasteiger partial charge >= 0.3 is 0 Å². The Morgan fingerprint density at radius 1 is 1.33 bits per heavy atom. The van der Waals surface area contributed by atoms with Crippen molar-refractivity contribution in [3.63, 3.8) is 0 Å². The molecule has 1 heterocycles. The number of hydrogen-bond acceptors (Lipinski definition) is 4. The van der Waals surface area contributed by atoms with Gasteiger partial charge in [0.25, 0.3) is 0 Å². The van der Waals surface area contributed by atoms with E-state index in [1.807, 2.05) is 0 Å². The van der Waals surface area contributed by atoms with Gasteiger partial charge in [0.05, 0.1) is 5.69 Å². The molecule has 1 aromatic heterocycles. The Bertz CT molecular complexity index is 508. The third kappa shape index (κ3) is 1.41. The molecular formula is C8H7F2N5. The van der Waals surface area contributed by atoms with Crippen LogP contribution in [0.4, 0.5) is 14.5 Å². The molecule has 0 aliphatic heterocycles. The number of rotatable bonds is 1. The summed E-state index contributed by atoms with van der Waals surface area (Å²) in [6.45, 7) is 1.56. The predicted molar refractivity (Wildman–Crippen MR) is 48.2 cm³/mol. The second kappa shape index (κ2) is 3.26. The van der Waals surface area contributed by atoms with Crippen LogP contribution in [0.15, 0.2) is 12.1 Å². The van der Waals surface area contributed by atoms with E-state index in [0.717, 1.165) is 10.7 Å². The molecule has 0 radical (unpaired) electrons. The van der Waals surface area contributed by atoms with Gasteiger partial charge < -0.3 is 5.73 Å². The fourth-order valence-electron chi connectivity index (χ4n) is 1.21. The quantitative estimate of drug-likeness (QED) is 0.709. The Labute approximate surface area is 83.5 Å². The largest absolute Gasteiger partial charge is 0.397 e. The van der Waals surface area contributed by atoms with Crippen LogP contribution < -0.4 is 5.73 Å². The number of aryl methyl sites for hydroxylation is 1.